The van der Waals surface area contributed by atoms with Crippen LogP contribution in [0.1, 0.15) is 35.7 Å². The van der Waals surface area contributed by atoms with E-state index < -0.39 is 17.4 Å². The van der Waals surface area contributed by atoms with Crippen molar-refractivity contribution >= 4 is 11.9 Å². The number of hydrogen-bond donors (Lipinski definition) is 2. The second-order valence-corrected chi connectivity index (χ2v) is 4.30. The van der Waals surface area contributed by atoms with Gasteiger partial charge in [-0.05, 0) is 27.7 Å². The van der Waals surface area contributed by atoms with Gasteiger partial charge in [0.1, 0.15) is 11.4 Å². The minimum Gasteiger partial charge on any atom is -0.480 e. The Morgan fingerprint density at radius 2 is 1.94 bits per heavy atom. The van der Waals surface area contributed by atoms with Gasteiger partial charge in [-0.1, -0.05) is 0 Å². The van der Waals surface area contributed by atoms with E-state index in [9.17, 15) is 9.59 Å². The highest BCUT2D eigenvalue weighted by molar-refractivity contribution is 5.98. The lowest BCUT2D eigenvalue weighted by Crippen LogP contribution is -2.49. The van der Waals surface area contributed by atoms with E-state index in [2.05, 4.69) is 15.3 Å². The van der Waals surface area contributed by atoms with Crippen LogP contribution in [0, 0.1) is 13.8 Å². The van der Waals surface area contributed by atoms with Crippen molar-refractivity contribution in [2.24, 2.45) is 0 Å². The fraction of sp³-hybridized carbons (Fsp3) is 0.455. The smallest absolute Gasteiger partial charge is 0.328 e. The number of aromatic nitrogens is 2. The number of carboxylic acid groups (broad SMARTS) is 1. The second kappa shape index (κ2) is 4.48. The summed E-state index contributed by atoms with van der Waals surface area (Å²) in [5, 5.41) is 11.3. The molecule has 2 N–H and O–H groups in total. The molecule has 1 aromatic rings. The summed E-state index contributed by atoms with van der Waals surface area (Å²) in [5.41, 5.74) is -0.518. The Hall–Kier alpha value is -1.98. The van der Waals surface area contributed by atoms with E-state index in [0.29, 0.717) is 11.5 Å². The van der Waals surface area contributed by atoms with Crippen LogP contribution in [0.4, 0.5) is 0 Å². The molecule has 0 aliphatic carbocycles. The van der Waals surface area contributed by atoms with Gasteiger partial charge < -0.3 is 10.4 Å². The van der Waals surface area contributed by atoms with Gasteiger partial charge in [0.25, 0.3) is 5.91 Å². The van der Waals surface area contributed by atoms with Crippen LogP contribution in [0.2, 0.25) is 0 Å². The van der Waals surface area contributed by atoms with E-state index in [1.807, 2.05) is 0 Å². The zero-order chi connectivity index (χ0) is 13.2. The molecule has 1 rings (SSSR count). The zero-order valence-electron chi connectivity index (χ0n) is 10.2. The van der Waals surface area contributed by atoms with Crippen LogP contribution in [0.25, 0.3) is 0 Å². The van der Waals surface area contributed by atoms with Gasteiger partial charge in [0.15, 0.2) is 0 Å². The van der Waals surface area contributed by atoms with Gasteiger partial charge >= 0.3 is 5.97 Å². The highest BCUT2D eigenvalue weighted by atomic mass is 16.4. The number of aryl methyl sites for hydroxylation is 2. The van der Waals surface area contributed by atoms with Gasteiger partial charge in [0.05, 0.1) is 11.3 Å². The van der Waals surface area contributed by atoms with Crippen molar-refractivity contribution in [1.82, 2.24) is 15.3 Å². The summed E-state index contributed by atoms with van der Waals surface area (Å²) >= 11 is 0. The maximum absolute atomic E-state index is 11.8. The zero-order valence-corrected chi connectivity index (χ0v) is 10.2. The predicted octanol–water partition coefficient (Wildman–Crippen LogP) is 0.686. The van der Waals surface area contributed by atoms with E-state index in [0.717, 1.165) is 0 Å². The Balaban J connectivity index is 2.95. The molecule has 0 spiro atoms. The number of nitrogens with one attached hydrogen (secondary N) is 1. The molecule has 0 unspecified atom stereocenters. The molecule has 0 radical (unpaired) electrons. The van der Waals surface area contributed by atoms with Crippen molar-refractivity contribution in [2.75, 3.05) is 0 Å². The van der Waals surface area contributed by atoms with Crippen molar-refractivity contribution in [3.63, 3.8) is 0 Å². The fourth-order valence-electron chi connectivity index (χ4n) is 1.21. The minimum absolute atomic E-state index is 0.282. The van der Waals surface area contributed by atoms with E-state index in [1.165, 1.54) is 20.0 Å². The normalized spacial score (nSPS) is 11.1. The van der Waals surface area contributed by atoms with Crippen molar-refractivity contribution in [3.8, 4) is 0 Å². The summed E-state index contributed by atoms with van der Waals surface area (Å²) in [6, 6.07) is 0. The lowest BCUT2D eigenvalue weighted by atomic mass is 10.1. The van der Waals surface area contributed by atoms with Gasteiger partial charge in [0.2, 0.25) is 0 Å². The van der Waals surface area contributed by atoms with Gasteiger partial charge in [-0.15, -0.1) is 0 Å². The molecule has 6 heteroatoms. The summed E-state index contributed by atoms with van der Waals surface area (Å²) in [4.78, 5) is 30.7. The molecule has 0 aromatic carbocycles. The first-order valence-electron chi connectivity index (χ1n) is 5.10. The average Bonchev–Trinajstić information content (AvgIpc) is 2.15. The molecule has 1 aromatic heterocycles. The summed E-state index contributed by atoms with van der Waals surface area (Å²) in [7, 11) is 0. The highest BCUT2D eigenvalue weighted by Gasteiger charge is 2.29. The Kier molecular flexibility index (Phi) is 3.45. The van der Waals surface area contributed by atoms with Crippen molar-refractivity contribution in [3.05, 3.63) is 23.3 Å². The maximum atomic E-state index is 11.8. The maximum Gasteiger partial charge on any atom is 0.328 e. The SMILES string of the molecule is Cc1ncc(C(=O)NC(C)(C)C(=O)O)c(C)n1. The molecular weight excluding hydrogens is 222 g/mol. The average molecular weight is 237 g/mol. The molecule has 0 aliphatic heterocycles. The number of amides is 1. The van der Waals surface area contributed by atoms with Gasteiger partial charge in [-0.2, -0.15) is 0 Å². The number of aliphatic carboxylic acids is 1. The summed E-state index contributed by atoms with van der Waals surface area (Å²) in [6.45, 7) is 6.22. The minimum atomic E-state index is -1.32. The molecule has 1 amide bonds. The molecule has 0 atom stereocenters. The molecule has 0 bridgehead atoms. The first kappa shape index (κ1) is 13.1. The van der Waals surface area contributed by atoms with Crippen LogP contribution in [0.3, 0.4) is 0 Å². The summed E-state index contributed by atoms with van der Waals surface area (Å²) in [6.07, 6.45) is 1.39. The van der Waals surface area contributed by atoms with Crippen LogP contribution < -0.4 is 5.32 Å². The van der Waals surface area contributed by atoms with Crippen molar-refractivity contribution in [2.45, 2.75) is 33.2 Å². The standard InChI is InChI=1S/C11H15N3O3/c1-6-8(5-12-7(2)13-6)9(15)14-11(3,4)10(16)17/h5H,1-4H3,(H,14,15)(H,16,17). The summed E-state index contributed by atoms with van der Waals surface area (Å²) < 4.78 is 0. The second-order valence-electron chi connectivity index (χ2n) is 4.30. The number of hydrogen-bond acceptors (Lipinski definition) is 4. The number of carboxylic acids is 1. The highest BCUT2D eigenvalue weighted by Crippen LogP contribution is 2.08. The van der Waals surface area contributed by atoms with Gasteiger partial charge in [-0.3, -0.25) is 4.79 Å². The molecule has 1 heterocycles. The Morgan fingerprint density at radius 1 is 1.35 bits per heavy atom. The first-order chi connectivity index (χ1) is 7.74. The van der Waals surface area contributed by atoms with E-state index in [-0.39, 0.29) is 5.56 Å². The van der Waals surface area contributed by atoms with Crippen LogP contribution in [0.5, 0.6) is 0 Å². The molecule has 92 valence electrons. The monoisotopic (exact) mass is 237 g/mol. The van der Waals surface area contributed by atoms with E-state index in [4.69, 9.17) is 5.11 Å². The van der Waals surface area contributed by atoms with E-state index >= 15 is 0 Å². The molecule has 0 saturated carbocycles. The summed E-state index contributed by atoms with van der Waals surface area (Å²) in [5.74, 6) is -1.03. The van der Waals surface area contributed by atoms with Gasteiger partial charge in [0, 0.05) is 6.20 Å². The molecule has 0 saturated heterocycles. The van der Waals surface area contributed by atoms with Crippen LogP contribution in [0.15, 0.2) is 6.20 Å². The predicted molar refractivity (Wildman–Crippen MR) is 60.7 cm³/mol. The van der Waals surface area contributed by atoms with E-state index in [1.54, 1.807) is 13.8 Å². The Morgan fingerprint density at radius 3 is 2.41 bits per heavy atom. The first-order valence-corrected chi connectivity index (χ1v) is 5.10. The largest absolute Gasteiger partial charge is 0.480 e. The van der Waals surface area contributed by atoms with Crippen LogP contribution in [-0.4, -0.2) is 32.5 Å². The molecular formula is C11H15N3O3. The van der Waals surface area contributed by atoms with Gasteiger partial charge in [-0.25, -0.2) is 14.8 Å². The van der Waals surface area contributed by atoms with Crippen LogP contribution in [-0.2, 0) is 4.79 Å². The topological polar surface area (TPSA) is 92.2 Å². The van der Waals surface area contributed by atoms with Crippen LogP contribution >= 0.6 is 0 Å². The Bertz CT molecular complexity index is 469. The Labute approximate surface area is 99.1 Å². The lowest BCUT2D eigenvalue weighted by molar-refractivity contribution is -0.143. The molecule has 0 aliphatic rings. The number of nitrogens with zero attached hydrogens (tertiary/aromatic N) is 2. The molecule has 6 nitrogen and oxygen atoms in total. The quantitative estimate of drug-likeness (QED) is 0.806. The fourth-order valence-corrected chi connectivity index (χ4v) is 1.21. The van der Waals surface area contributed by atoms with Crippen molar-refractivity contribution in [1.29, 1.82) is 0 Å². The third kappa shape index (κ3) is 2.99. The number of carbonyl (C=O) groups excluding carboxylic acids is 1. The number of carbonyl (C=O) groups is 2. The van der Waals surface area contributed by atoms with Crippen molar-refractivity contribution < 1.29 is 14.7 Å². The lowest BCUT2D eigenvalue weighted by Gasteiger charge is -2.21. The third-order valence-electron chi connectivity index (χ3n) is 2.31. The third-order valence-corrected chi connectivity index (χ3v) is 2.31. The number of rotatable bonds is 3. The molecule has 17 heavy (non-hydrogen) atoms. The molecule has 0 fully saturated rings.